The van der Waals surface area contributed by atoms with Gasteiger partial charge in [-0.2, -0.15) is 4.98 Å². The molecule has 0 bridgehead atoms. The van der Waals surface area contributed by atoms with E-state index in [0.29, 0.717) is 36.1 Å². The van der Waals surface area contributed by atoms with Crippen LogP contribution in [0, 0.1) is 0 Å². The highest BCUT2D eigenvalue weighted by Crippen LogP contribution is 2.20. The molecule has 7 heteroatoms. The summed E-state index contributed by atoms with van der Waals surface area (Å²) in [6, 6.07) is 7.23. The van der Waals surface area contributed by atoms with Crippen molar-refractivity contribution < 1.29 is 9.32 Å². The van der Waals surface area contributed by atoms with Gasteiger partial charge in [0, 0.05) is 36.5 Å². The fourth-order valence-electron chi connectivity index (χ4n) is 1.83. The Balaban J connectivity index is 1.83. The molecule has 0 aliphatic carbocycles. The number of hydrogen-bond acceptors (Lipinski definition) is 5. The summed E-state index contributed by atoms with van der Waals surface area (Å²) < 4.78 is 5.16. The number of likely N-dealkylation sites (N-methyl/N-ethyl adjacent to an activating group) is 1. The Morgan fingerprint density at radius 1 is 1.41 bits per heavy atom. The second kappa shape index (κ2) is 7.91. The highest BCUT2D eigenvalue weighted by molar-refractivity contribution is 6.30. The second-order valence-electron chi connectivity index (χ2n) is 5.18. The lowest BCUT2D eigenvalue weighted by Gasteiger charge is -2.09. The van der Waals surface area contributed by atoms with E-state index in [-0.39, 0.29) is 5.91 Å². The normalized spacial score (nSPS) is 10.9. The van der Waals surface area contributed by atoms with Gasteiger partial charge < -0.3 is 14.7 Å². The van der Waals surface area contributed by atoms with Crippen molar-refractivity contribution in [3.63, 3.8) is 0 Å². The summed E-state index contributed by atoms with van der Waals surface area (Å²) >= 11 is 5.93. The van der Waals surface area contributed by atoms with Crippen LogP contribution in [0.5, 0.6) is 0 Å². The molecular weight excluding hydrogens is 304 g/mol. The summed E-state index contributed by atoms with van der Waals surface area (Å²) in [6.45, 7) is 1.44. The van der Waals surface area contributed by atoms with E-state index >= 15 is 0 Å². The number of nitrogens with one attached hydrogen (secondary N) is 1. The number of carbonyl (C=O) groups is 1. The van der Waals surface area contributed by atoms with E-state index in [9.17, 15) is 4.79 Å². The van der Waals surface area contributed by atoms with Crippen LogP contribution < -0.4 is 5.32 Å². The van der Waals surface area contributed by atoms with Crippen molar-refractivity contribution in [3.8, 4) is 11.4 Å². The smallest absolute Gasteiger partial charge is 0.227 e. The van der Waals surface area contributed by atoms with Crippen LogP contribution in [0.15, 0.2) is 28.8 Å². The molecule has 0 aliphatic heterocycles. The fraction of sp³-hybridized carbons (Fsp3) is 0.400. The Labute approximate surface area is 134 Å². The van der Waals surface area contributed by atoms with Crippen LogP contribution in [0.4, 0.5) is 0 Å². The first-order chi connectivity index (χ1) is 10.5. The van der Waals surface area contributed by atoms with Crippen molar-refractivity contribution >= 4 is 17.5 Å². The Morgan fingerprint density at radius 2 is 2.23 bits per heavy atom. The maximum absolute atomic E-state index is 11.7. The van der Waals surface area contributed by atoms with Crippen LogP contribution in [0.25, 0.3) is 11.4 Å². The molecule has 22 heavy (non-hydrogen) atoms. The van der Waals surface area contributed by atoms with Crippen molar-refractivity contribution in [2.75, 3.05) is 27.2 Å². The number of halogens is 1. The van der Waals surface area contributed by atoms with Crippen LogP contribution in [0.2, 0.25) is 5.02 Å². The Kier molecular flexibility index (Phi) is 5.91. The lowest BCUT2D eigenvalue weighted by molar-refractivity contribution is -0.121. The number of carbonyl (C=O) groups excluding carboxylic acids is 1. The van der Waals surface area contributed by atoms with Crippen LogP contribution in [-0.4, -0.2) is 48.1 Å². The standard InChI is InChI=1S/C15H19ClN4O2/c1-20(2)9-8-17-13(21)6-7-14-18-15(19-22-14)11-4-3-5-12(16)10-11/h3-5,10H,6-9H2,1-2H3,(H,17,21). The molecule has 6 nitrogen and oxygen atoms in total. The van der Waals surface area contributed by atoms with Gasteiger partial charge in [-0.15, -0.1) is 0 Å². The molecule has 1 aromatic carbocycles. The molecule has 0 spiro atoms. The van der Waals surface area contributed by atoms with E-state index in [4.69, 9.17) is 16.1 Å². The predicted octanol–water partition coefficient (Wildman–Crippen LogP) is 2.00. The monoisotopic (exact) mass is 322 g/mol. The summed E-state index contributed by atoms with van der Waals surface area (Å²) in [6.07, 6.45) is 0.742. The number of rotatable bonds is 7. The molecule has 1 amide bonds. The van der Waals surface area contributed by atoms with E-state index in [1.807, 2.05) is 31.1 Å². The van der Waals surface area contributed by atoms with Crippen LogP contribution >= 0.6 is 11.6 Å². The molecule has 0 fully saturated rings. The van der Waals surface area contributed by atoms with Crippen LogP contribution in [-0.2, 0) is 11.2 Å². The van der Waals surface area contributed by atoms with Gasteiger partial charge in [0.05, 0.1) is 0 Å². The highest BCUT2D eigenvalue weighted by Gasteiger charge is 2.10. The summed E-state index contributed by atoms with van der Waals surface area (Å²) in [7, 11) is 3.92. The van der Waals surface area contributed by atoms with Crippen LogP contribution in [0.3, 0.4) is 0 Å². The van der Waals surface area contributed by atoms with E-state index in [1.165, 1.54) is 0 Å². The Hall–Kier alpha value is -1.92. The predicted molar refractivity (Wildman–Crippen MR) is 84.6 cm³/mol. The zero-order chi connectivity index (χ0) is 15.9. The zero-order valence-corrected chi connectivity index (χ0v) is 13.4. The largest absolute Gasteiger partial charge is 0.355 e. The lowest BCUT2D eigenvalue weighted by atomic mass is 10.2. The third kappa shape index (κ3) is 5.13. The van der Waals surface area contributed by atoms with Crippen molar-refractivity contribution in [1.29, 1.82) is 0 Å². The van der Waals surface area contributed by atoms with Crippen molar-refractivity contribution in [3.05, 3.63) is 35.2 Å². The van der Waals surface area contributed by atoms with Gasteiger partial charge in [0.25, 0.3) is 0 Å². The molecule has 0 radical (unpaired) electrons. The van der Waals surface area contributed by atoms with Gasteiger partial charge in [-0.25, -0.2) is 0 Å². The van der Waals surface area contributed by atoms with E-state index in [1.54, 1.807) is 12.1 Å². The van der Waals surface area contributed by atoms with E-state index in [2.05, 4.69) is 15.5 Å². The maximum Gasteiger partial charge on any atom is 0.227 e. The van der Waals surface area contributed by atoms with Gasteiger partial charge >= 0.3 is 0 Å². The lowest BCUT2D eigenvalue weighted by Crippen LogP contribution is -2.31. The molecule has 0 saturated heterocycles. The van der Waals surface area contributed by atoms with Gasteiger partial charge in [-0.1, -0.05) is 28.9 Å². The number of amides is 1. The first-order valence-corrected chi connectivity index (χ1v) is 7.42. The Morgan fingerprint density at radius 3 is 2.95 bits per heavy atom. The molecular formula is C15H19ClN4O2. The van der Waals surface area contributed by atoms with E-state index < -0.39 is 0 Å². The van der Waals surface area contributed by atoms with Gasteiger partial charge in [0.1, 0.15) is 0 Å². The molecule has 2 rings (SSSR count). The second-order valence-corrected chi connectivity index (χ2v) is 5.61. The first kappa shape index (κ1) is 16.5. The highest BCUT2D eigenvalue weighted by atomic mass is 35.5. The number of hydrogen-bond donors (Lipinski definition) is 1. The maximum atomic E-state index is 11.7. The zero-order valence-electron chi connectivity index (χ0n) is 12.7. The van der Waals surface area contributed by atoms with Gasteiger partial charge in [0.2, 0.25) is 17.6 Å². The van der Waals surface area contributed by atoms with Crippen molar-refractivity contribution in [1.82, 2.24) is 20.4 Å². The summed E-state index contributed by atoms with van der Waals surface area (Å²) in [4.78, 5) is 18.0. The average molecular weight is 323 g/mol. The summed E-state index contributed by atoms with van der Waals surface area (Å²) in [5, 5.41) is 7.36. The quantitative estimate of drug-likeness (QED) is 0.844. The van der Waals surface area contributed by atoms with Gasteiger partial charge in [-0.3, -0.25) is 4.79 Å². The Bertz CT molecular complexity index is 628. The number of nitrogens with zero attached hydrogens (tertiary/aromatic N) is 3. The minimum Gasteiger partial charge on any atom is -0.355 e. The average Bonchev–Trinajstić information content (AvgIpc) is 2.93. The molecule has 1 heterocycles. The van der Waals surface area contributed by atoms with Gasteiger partial charge in [-0.05, 0) is 26.2 Å². The van der Waals surface area contributed by atoms with E-state index in [0.717, 1.165) is 12.1 Å². The minimum atomic E-state index is -0.0237. The number of benzene rings is 1. The molecule has 0 unspecified atom stereocenters. The van der Waals surface area contributed by atoms with Crippen LogP contribution in [0.1, 0.15) is 12.3 Å². The summed E-state index contributed by atoms with van der Waals surface area (Å²) in [5.74, 6) is 0.896. The third-order valence-corrected chi connectivity index (χ3v) is 3.23. The molecule has 0 aliphatic rings. The molecule has 2 aromatic rings. The molecule has 1 aromatic heterocycles. The summed E-state index contributed by atoms with van der Waals surface area (Å²) in [5.41, 5.74) is 0.790. The molecule has 118 valence electrons. The van der Waals surface area contributed by atoms with Crippen molar-refractivity contribution in [2.45, 2.75) is 12.8 Å². The molecule has 0 saturated carbocycles. The van der Waals surface area contributed by atoms with Gasteiger partial charge in [0.15, 0.2) is 0 Å². The first-order valence-electron chi connectivity index (χ1n) is 7.04. The SMILES string of the molecule is CN(C)CCNC(=O)CCc1nc(-c2cccc(Cl)c2)no1. The molecule has 1 N–H and O–H groups in total. The number of aryl methyl sites for hydroxylation is 1. The third-order valence-electron chi connectivity index (χ3n) is 3.00. The molecule has 0 atom stereocenters. The minimum absolute atomic E-state index is 0.0237. The number of aromatic nitrogens is 2. The van der Waals surface area contributed by atoms with Crippen molar-refractivity contribution in [2.24, 2.45) is 0 Å². The fourth-order valence-corrected chi connectivity index (χ4v) is 2.02. The topological polar surface area (TPSA) is 71.3 Å².